The summed E-state index contributed by atoms with van der Waals surface area (Å²) in [5, 5.41) is 1.33. The maximum atomic E-state index is 4.68. The van der Waals surface area contributed by atoms with E-state index in [0.29, 0.717) is 0 Å². The Hall–Kier alpha value is -1.57. The van der Waals surface area contributed by atoms with Crippen molar-refractivity contribution >= 4 is 16.6 Å². The van der Waals surface area contributed by atoms with Crippen molar-refractivity contribution in [3.8, 4) is 0 Å². The molecule has 0 radical (unpaired) electrons. The first kappa shape index (κ1) is 17.8. The van der Waals surface area contributed by atoms with Crippen LogP contribution in [0.3, 0.4) is 0 Å². The molecular weight excluding hydrogens is 280 g/mol. The molecule has 0 spiro atoms. The zero-order valence-corrected chi connectivity index (χ0v) is 15.5. The monoisotopic (exact) mass is 312 g/mol. The average Bonchev–Trinajstić information content (AvgIpc) is 2.62. The third kappa shape index (κ3) is 4.04. The number of fused-ring (bicyclic) bond motifs is 1. The second-order valence-electron chi connectivity index (χ2n) is 6.34. The third-order valence-electron chi connectivity index (χ3n) is 4.85. The largest absolute Gasteiger partial charge is 0.371 e. The van der Waals surface area contributed by atoms with E-state index in [1.165, 1.54) is 49.0 Å². The van der Waals surface area contributed by atoms with Gasteiger partial charge in [0.05, 0.1) is 5.52 Å². The number of rotatable bonds is 3. The Bertz CT molecular complexity index is 633. The molecule has 1 saturated heterocycles. The summed E-state index contributed by atoms with van der Waals surface area (Å²) in [6.07, 6.45) is 5.08. The molecule has 2 heterocycles. The second-order valence-corrected chi connectivity index (χ2v) is 6.34. The fraction of sp³-hybridized carbons (Fsp3) is 0.571. The van der Waals surface area contributed by atoms with Gasteiger partial charge in [-0.25, -0.2) is 0 Å². The number of hydrogen-bond donors (Lipinski definition) is 0. The van der Waals surface area contributed by atoms with E-state index >= 15 is 0 Å². The highest BCUT2D eigenvalue weighted by molar-refractivity contribution is 5.86. The van der Waals surface area contributed by atoms with E-state index in [4.69, 9.17) is 0 Å². The van der Waals surface area contributed by atoms with Gasteiger partial charge in [0.25, 0.3) is 0 Å². The molecule has 1 aliphatic rings. The first-order valence-electron chi connectivity index (χ1n) is 9.36. The van der Waals surface area contributed by atoms with Crippen LogP contribution in [0.4, 0.5) is 5.69 Å². The van der Waals surface area contributed by atoms with E-state index in [9.17, 15) is 0 Å². The standard InChI is InChI=1S/C19H26N2.C2H6/c1-4-15-7-6-10-21(13-15)17-8-9-19-18(12-17)16(5-2)11-14(3)20-19;1-2/h8-9,11-12,15H,4-7,10,13H2,1-3H3;1-2H3. The minimum absolute atomic E-state index is 0.858. The Morgan fingerprint density at radius 2 is 1.96 bits per heavy atom. The Balaban J connectivity index is 0.000000924. The molecule has 3 rings (SSSR count). The van der Waals surface area contributed by atoms with Gasteiger partial charge in [0.1, 0.15) is 0 Å². The van der Waals surface area contributed by atoms with E-state index in [1.54, 1.807) is 0 Å². The molecule has 0 aliphatic carbocycles. The number of aromatic nitrogens is 1. The van der Waals surface area contributed by atoms with E-state index in [1.807, 2.05) is 13.8 Å². The van der Waals surface area contributed by atoms with E-state index in [2.05, 4.69) is 54.9 Å². The number of benzene rings is 1. The van der Waals surface area contributed by atoms with Crippen LogP contribution in [0.15, 0.2) is 24.3 Å². The van der Waals surface area contributed by atoms with Crippen LogP contribution in [0, 0.1) is 12.8 Å². The quantitative estimate of drug-likeness (QED) is 0.716. The molecule has 1 atom stereocenters. The fourth-order valence-corrected chi connectivity index (χ4v) is 3.55. The first-order valence-corrected chi connectivity index (χ1v) is 9.36. The SMILES string of the molecule is CC.CCc1cc(C)nc2ccc(N3CCCC(CC)C3)cc12. The first-order chi connectivity index (χ1) is 11.2. The van der Waals surface area contributed by atoms with Crippen LogP contribution in [0.25, 0.3) is 10.9 Å². The smallest absolute Gasteiger partial charge is 0.0709 e. The summed E-state index contributed by atoms with van der Waals surface area (Å²) in [5.41, 5.74) is 5.06. The molecule has 0 bridgehead atoms. The zero-order chi connectivity index (χ0) is 16.8. The Kier molecular flexibility index (Phi) is 6.44. The van der Waals surface area contributed by atoms with Gasteiger partial charge < -0.3 is 4.90 Å². The number of hydrogen-bond acceptors (Lipinski definition) is 2. The maximum Gasteiger partial charge on any atom is 0.0709 e. The molecule has 2 nitrogen and oxygen atoms in total. The topological polar surface area (TPSA) is 16.1 Å². The summed E-state index contributed by atoms with van der Waals surface area (Å²) >= 11 is 0. The fourth-order valence-electron chi connectivity index (χ4n) is 3.55. The summed E-state index contributed by atoms with van der Waals surface area (Å²) < 4.78 is 0. The van der Waals surface area contributed by atoms with Gasteiger partial charge in [0, 0.05) is 29.9 Å². The van der Waals surface area contributed by atoms with Gasteiger partial charge in [0.15, 0.2) is 0 Å². The summed E-state index contributed by atoms with van der Waals surface area (Å²) in [4.78, 5) is 7.25. The number of piperidine rings is 1. The minimum Gasteiger partial charge on any atom is -0.371 e. The number of nitrogens with zero attached hydrogens (tertiary/aromatic N) is 2. The molecule has 0 amide bonds. The summed E-state index contributed by atoms with van der Waals surface area (Å²) in [5.74, 6) is 0.858. The molecule has 2 heteroatoms. The van der Waals surface area contributed by atoms with Crippen molar-refractivity contribution in [1.29, 1.82) is 0 Å². The van der Waals surface area contributed by atoms with Crippen molar-refractivity contribution in [2.75, 3.05) is 18.0 Å². The zero-order valence-electron chi connectivity index (χ0n) is 15.5. The highest BCUT2D eigenvalue weighted by Crippen LogP contribution is 2.29. The van der Waals surface area contributed by atoms with Crippen molar-refractivity contribution in [2.24, 2.45) is 5.92 Å². The molecule has 1 aromatic heterocycles. The van der Waals surface area contributed by atoms with Gasteiger partial charge in [-0.1, -0.05) is 34.1 Å². The van der Waals surface area contributed by atoms with Crippen LogP contribution in [0.5, 0.6) is 0 Å². The lowest BCUT2D eigenvalue weighted by molar-refractivity contribution is 0.405. The molecular formula is C21H32N2. The molecule has 1 fully saturated rings. The Labute approximate surface area is 141 Å². The molecule has 1 aliphatic heterocycles. The van der Waals surface area contributed by atoms with E-state index < -0.39 is 0 Å². The van der Waals surface area contributed by atoms with Gasteiger partial charge in [-0.15, -0.1) is 0 Å². The molecule has 0 saturated carbocycles. The van der Waals surface area contributed by atoms with E-state index in [-0.39, 0.29) is 0 Å². The van der Waals surface area contributed by atoms with Gasteiger partial charge in [-0.3, -0.25) is 4.98 Å². The van der Waals surface area contributed by atoms with Crippen LogP contribution >= 0.6 is 0 Å². The summed E-state index contributed by atoms with van der Waals surface area (Å²) in [7, 11) is 0. The highest BCUT2D eigenvalue weighted by atomic mass is 15.1. The summed E-state index contributed by atoms with van der Waals surface area (Å²) in [6, 6.07) is 9.05. The molecule has 1 aromatic carbocycles. The van der Waals surface area contributed by atoms with Crippen molar-refractivity contribution in [3.63, 3.8) is 0 Å². The number of pyridine rings is 1. The minimum atomic E-state index is 0.858. The predicted molar refractivity (Wildman–Crippen MR) is 102 cm³/mol. The highest BCUT2D eigenvalue weighted by Gasteiger charge is 2.19. The van der Waals surface area contributed by atoms with Crippen molar-refractivity contribution < 1.29 is 0 Å². The molecule has 23 heavy (non-hydrogen) atoms. The average molecular weight is 313 g/mol. The summed E-state index contributed by atoms with van der Waals surface area (Å²) in [6.45, 7) is 13.0. The molecule has 1 unspecified atom stereocenters. The predicted octanol–water partition coefficient (Wildman–Crippen LogP) is 5.76. The van der Waals surface area contributed by atoms with Crippen LogP contribution in [0.2, 0.25) is 0 Å². The van der Waals surface area contributed by atoms with Crippen LogP contribution in [-0.4, -0.2) is 18.1 Å². The Morgan fingerprint density at radius 3 is 2.65 bits per heavy atom. The van der Waals surface area contributed by atoms with E-state index in [0.717, 1.165) is 23.5 Å². The van der Waals surface area contributed by atoms with Crippen molar-refractivity contribution in [3.05, 3.63) is 35.5 Å². The number of anilines is 1. The third-order valence-corrected chi connectivity index (χ3v) is 4.85. The lowest BCUT2D eigenvalue weighted by atomic mass is 9.95. The molecule has 126 valence electrons. The lowest BCUT2D eigenvalue weighted by Gasteiger charge is -2.34. The number of aryl methyl sites for hydroxylation is 2. The van der Waals surface area contributed by atoms with Gasteiger partial charge >= 0.3 is 0 Å². The van der Waals surface area contributed by atoms with Gasteiger partial charge in [0.2, 0.25) is 0 Å². The maximum absolute atomic E-state index is 4.68. The Morgan fingerprint density at radius 1 is 1.17 bits per heavy atom. The van der Waals surface area contributed by atoms with Crippen LogP contribution < -0.4 is 4.90 Å². The van der Waals surface area contributed by atoms with Crippen LogP contribution in [-0.2, 0) is 6.42 Å². The van der Waals surface area contributed by atoms with Crippen LogP contribution in [0.1, 0.15) is 58.2 Å². The second kappa shape index (κ2) is 8.33. The van der Waals surface area contributed by atoms with Crippen molar-refractivity contribution in [2.45, 2.75) is 60.3 Å². The van der Waals surface area contributed by atoms with Crippen molar-refractivity contribution in [1.82, 2.24) is 4.98 Å². The van der Waals surface area contributed by atoms with Gasteiger partial charge in [-0.05, 0) is 61.9 Å². The molecule has 0 N–H and O–H groups in total. The molecule has 2 aromatic rings. The normalized spacial score (nSPS) is 17.8. The lowest BCUT2D eigenvalue weighted by Crippen LogP contribution is -2.35. The van der Waals surface area contributed by atoms with Gasteiger partial charge in [-0.2, -0.15) is 0 Å².